The monoisotopic (exact) mass is 444 g/mol. The number of nitrogens with one attached hydrogen (secondary N) is 1. The van der Waals surface area contributed by atoms with Crippen LogP contribution in [0.25, 0.3) is 22.7 Å². The highest BCUT2D eigenvalue weighted by molar-refractivity contribution is 9.10. The van der Waals surface area contributed by atoms with Gasteiger partial charge in [-0.05, 0) is 51.8 Å². The van der Waals surface area contributed by atoms with Gasteiger partial charge in [0.05, 0.1) is 28.2 Å². The van der Waals surface area contributed by atoms with Crippen molar-refractivity contribution in [1.82, 2.24) is 9.97 Å². The van der Waals surface area contributed by atoms with Crippen LogP contribution in [-0.4, -0.2) is 23.7 Å². The second-order valence-electron chi connectivity index (χ2n) is 5.25. The van der Waals surface area contributed by atoms with Crippen LogP contribution in [0.4, 0.5) is 0 Å². The van der Waals surface area contributed by atoms with Crippen molar-refractivity contribution in [1.29, 1.82) is 10.5 Å². The molecule has 0 saturated heterocycles. The largest absolute Gasteiger partial charge is 0.493 e. The molecule has 0 aliphatic carbocycles. The Bertz CT molecular complexity index is 1050. The number of aromatic nitrogens is 2. The molecule has 1 heterocycles. The van der Waals surface area contributed by atoms with Crippen LogP contribution in [0.1, 0.15) is 11.4 Å². The van der Waals surface area contributed by atoms with E-state index in [1.807, 2.05) is 30.3 Å². The molecule has 0 amide bonds. The first-order valence-corrected chi connectivity index (χ1v) is 8.39. The lowest BCUT2D eigenvalue weighted by Crippen LogP contribution is -1.98. The number of rotatable bonds is 5. The molecule has 136 valence electrons. The molecule has 0 aliphatic rings. The number of H-pyrrole nitrogens is 1. The van der Waals surface area contributed by atoms with Crippen LogP contribution in [0.2, 0.25) is 0 Å². The number of imidazole rings is 1. The van der Waals surface area contributed by atoms with Crippen LogP contribution >= 0.6 is 28.3 Å². The number of aromatic amines is 1. The van der Waals surface area contributed by atoms with Gasteiger partial charge in [-0.15, -0.1) is 12.4 Å². The van der Waals surface area contributed by atoms with Crippen molar-refractivity contribution in [3.63, 3.8) is 0 Å². The number of hydrogen-bond donors (Lipinski definition) is 1. The van der Waals surface area contributed by atoms with Gasteiger partial charge in [0, 0.05) is 0 Å². The predicted octanol–water partition coefficient (Wildman–Crippen LogP) is 4.72. The molecule has 0 saturated carbocycles. The van der Waals surface area contributed by atoms with Gasteiger partial charge in [-0.1, -0.05) is 12.1 Å². The summed E-state index contributed by atoms with van der Waals surface area (Å²) in [6.45, 7) is -0.0907. The highest BCUT2D eigenvalue weighted by Crippen LogP contribution is 2.37. The van der Waals surface area contributed by atoms with E-state index in [0.717, 1.165) is 16.6 Å². The fourth-order valence-corrected chi connectivity index (χ4v) is 3.04. The predicted molar refractivity (Wildman–Crippen MR) is 109 cm³/mol. The Morgan fingerprint density at radius 1 is 1.30 bits per heavy atom. The molecule has 27 heavy (non-hydrogen) atoms. The van der Waals surface area contributed by atoms with Crippen LogP contribution in [0.15, 0.2) is 40.9 Å². The van der Waals surface area contributed by atoms with Crippen LogP contribution in [0.3, 0.4) is 0 Å². The van der Waals surface area contributed by atoms with Crippen molar-refractivity contribution >= 4 is 51.0 Å². The lowest BCUT2D eigenvalue weighted by atomic mass is 10.1. The summed E-state index contributed by atoms with van der Waals surface area (Å²) < 4.78 is 11.3. The van der Waals surface area contributed by atoms with E-state index >= 15 is 0 Å². The van der Waals surface area contributed by atoms with E-state index < -0.39 is 0 Å². The summed E-state index contributed by atoms with van der Waals surface area (Å²) in [4.78, 5) is 7.60. The number of nitriles is 2. The Hall–Kier alpha value is -3.00. The summed E-state index contributed by atoms with van der Waals surface area (Å²) in [6, 6.07) is 15.2. The first kappa shape index (κ1) is 20.3. The topological polar surface area (TPSA) is 94.7 Å². The molecule has 0 aliphatic heterocycles. The number of para-hydroxylation sites is 2. The lowest BCUT2D eigenvalue weighted by molar-refractivity contribution is 0.327. The van der Waals surface area contributed by atoms with Gasteiger partial charge in [0.25, 0.3) is 0 Å². The number of nitrogens with zero attached hydrogens (tertiary/aromatic N) is 3. The quantitative estimate of drug-likeness (QED) is 0.573. The van der Waals surface area contributed by atoms with Crippen LogP contribution in [0, 0.1) is 22.7 Å². The van der Waals surface area contributed by atoms with Gasteiger partial charge in [0.2, 0.25) is 0 Å². The van der Waals surface area contributed by atoms with Crippen molar-refractivity contribution in [3.8, 4) is 23.6 Å². The number of ether oxygens (including phenoxy) is 2. The van der Waals surface area contributed by atoms with Gasteiger partial charge in [-0.25, -0.2) is 4.98 Å². The zero-order chi connectivity index (χ0) is 18.5. The number of hydrogen-bond acceptors (Lipinski definition) is 5. The molecule has 1 aromatic heterocycles. The summed E-state index contributed by atoms with van der Waals surface area (Å²) in [6.07, 6.45) is 1.71. The lowest BCUT2D eigenvalue weighted by Gasteiger charge is -2.11. The third-order valence-corrected chi connectivity index (χ3v) is 4.20. The summed E-state index contributed by atoms with van der Waals surface area (Å²) in [7, 11) is 1.51. The Labute approximate surface area is 170 Å². The first-order chi connectivity index (χ1) is 12.7. The second kappa shape index (κ2) is 9.09. The summed E-state index contributed by atoms with van der Waals surface area (Å²) in [5.41, 5.74) is 2.78. The summed E-state index contributed by atoms with van der Waals surface area (Å²) >= 11 is 3.42. The zero-order valence-corrected chi connectivity index (χ0v) is 16.6. The number of methoxy groups -OCH3 is 1. The van der Waals surface area contributed by atoms with E-state index in [1.54, 1.807) is 18.2 Å². The molecule has 3 rings (SSSR count). The average Bonchev–Trinajstić information content (AvgIpc) is 3.08. The summed E-state index contributed by atoms with van der Waals surface area (Å²) in [5.74, 6) is 1.39. The minimum absolute atomic E-state index is 0. The molecule has 1 N–H and O–H groups in total. The molecular formula is C19H14BrClN4O2. The Kier molecular flexibility index (Phi) is 6.84. The Morgan fingerprint density at radius 3 is 2.74 bits per heavy atom. The molecule has 2 aromatic carbocycles. The van der Waals surface area contributed by atoms with Crippen LogP contribution < -0.4 is 9.47 Å². The fraction of sp³-hybridized carbons (Fsp3) is 0.105. The maximum atomic E-state index is 9.55. The molecule has 0 spiro atoms. The third-order valence-electron chi connectivity index (χ3n) is 3.61. The molecule has 0 bridgehead atoms. The Balaban J connectivity index is 0.00000261. The molecular weight excluding hydrogens is 432 g/mol. The molecule has 0 fully saturated rings. The van der Waals surface area contributed by atoms with Gasteiger partial charge in [-0.2, -0.15) is 10.5 Å². The maximum absolute atomic E-state index is 9.55. The second-order valence-corrected chi connectivity index (χ2v) is 6.11. The van der Waals surface area contributed by atoms with Gasteiger partial charge >= 0.3 is 0 Å². The first-order valence-electron chi connectivity index (χ1n) is 7.60. The highest BCUT2D eigenvalue weighted by Gasteiger charge is 2.13. The van der Waals surface area contributed by atoms with E-state index in [0.29, 0.717) is 27.4 Å². The molecule has 6 nitrogen and oxygen atoms in total. The number of fused-ring (bicyclic) bond motifs is 1. The van der Waals surface area contributed by atoms with E-state index in [1.165, 1.54) is 7.11 Å². The van der Waals surface area contributed by atoms with E-state index in [4.69, 9.17) is 14.7 Å². The minimum atomic E-state index is -0.0907. The fourth-order valence-electron chi connectivity index (χ4n) is 2.47. The standard InChI is InChI=1S/C19H13BrN4O2.ClH/c1-25-17-10-12(9-14(20)18(17)26-7-6-21)8-13(11-22)19-23-15-4-2-3-5-16(15)24-19;/h2-5,8-10H,7H2,1H3,(H,23,24);1H/b13-8+;. The molecule has 0 atom stereocenters. The van der Waals surface area contributed by atoms with E-state index in [9.17, 15) is 5.26 Å². The van der Waals surface area contributed by atoms with Gasteiger partial charge < -0.3 is 14.5 Å². The highest BCUT2D eigenvalue weighted by atomic mass is 79.9. The third kappa shape index (κ3) is 4.40. The Morgan fingerprint density at radius 2 is 2.07 bits per heavy atom. The van der Waals surface area contributed by atoms with Crippen molar-refractivity contribution in [2.24, 2.45) is 0 Å². The van der Waals surface area contributed by atoms with Gasteiger partial charge in [0.15, 0.2) is 18.1 Å². The summed E-state index contributed by atoms with van der Waals surface area (Å²) in [5, 5.41) is 18.2. The van der Waals surface area contributed by atoms with Crippen molar-refractivity contribution in [2.75, 3.05) is 13.7 Å². The number of allylic oxidation sites excluding steroid dienone is 1. The van der Waals surface area contributed by atoms with E-state index in [-0.39, 0.29) is 19.0 Å². The average molecular weight is 446 g/mol. The molecule has 3 aromatic rings. The zero-order valence-electron chi connectivity index (χ0n) is 14.2. The number of benzene rings is 2. The van der Waals surface area contributed by atoms with Gasteiger partial charge in [0.1, 0.15) is 18.0 Å². The molecule has 8 heteroatoms. The van der Waals surface area contributed by atoms with Gasteiger partial charge in [-0.3, -0.25) is 0 Å². The van der Waals surface area contributed by atoms with Crippen LogP contribution in [-0.2, 0) is 0 Å². The van der Waals surface area contributed by atoms with Crippen molar-refractivity contribution in [3.05, 3.63) is 52.3 Å². The van der Waals surface area contributed by atoms with Crippen LogP contribution in [0.5, 0.6) is 11.5 Å². The van der Waals surface area contributed by atoms with Crippen molar-refractivity contribution < 1.29 is 9.47 Å². The molecule has 0 radical (unpaired) electrons. The number of halogens is 2. The van der Waals surface area contributed by atoms with Crippen molar-refractivity contribution in [2.45, 2.75) is 0 Å². The van der Waals surface area contributed by atoms with E-state index in [2.05, 4.69) is 32.0 Å². The molecule has 0 unspecified atom stereocenters. The SMILES string of the molecule is COc1cc(/C=C(\C#N)c2nc3ccccc3[nH]2)cc(Br)c1OCC#N.Cl. The smallest absolute Gasteiger partial charge is 0.176 e. The minimum Gasteiger partial charge on any atom is -0.493 e. The maximum Gasteiger partial charge on any atom is 0.176 e. The normalized spacial score (nSPS) is 10.6.